The zero-order valence-corrected chi connectivity index (χ0v) is 12.1. The van der Waals surface area contributed by atoms with E-state index in [2.05, 4.69) is 43.3 Å². The lowest BCUT2D eigenvalue weighted by molar-refractivity contribution is 1.30. The highest BCUT2D eigenvalue weighted by Crippen LogP contribution is 2.26. The summed E-state index contributed by atoms with van der Waals surface area (Å²) in [5.41, 5.74) is 7.86. The largest absolute Gasteiger partial charge is 0.399 e. The van der Waals surface area contributed by atoms with Crippen LogP contribution in [-0.4, -0.2) is 11.5 Å². The lowest BCUT2D eigenvalue weighted by Gasteiger charge is -2.06. The summed E-state index contributed by atoms with van der Waals surface area (Å²) < 4.78 is 0. The molecule has 0 atom stereocenters. The Bertz CT molecular complexity index is 497. The van der Waals surface area contributed by atoms with Gasteiger partial charge in [0.25, 0.3) is 0 Å². The van der Waals surface area contributed by atoms with Crippen molar-refractivity contribution in [1.82, 2.24) is 0 Å². The molecule has 2 aromatic carbocycles. The fraction of sp³-hybridized carbons (Fsp3) is 0.200. The molecule has 0 saturated heterocycles. The summed E-state index contributed by atoms with van der Waals surface area (Å²) in [5, 5.41) is 0. The van der Waals surface area contributed by atoms with Gasteiger partial charge in [-0.3, -0.25) is 0 Å². The van der Waals surface area contributed by atoms with Crippen LogP contribution in [0, 0.1) is 6.92 Å². The first-order valence-electron chi connectivity index (χ1n) is 5.92. The molecule has 94 valence electrons. The topological polar surface area (TPSA) is 26.0 Å². The highest BCUT2D eigenvalue weighted by molar-refractivity contribution is 8.03. The lowest BCUT2D eigenvalue weighted by atomic mass is 10.2. The third kappa shape index (κ3) is 4.00. The predicted octanol–water partition coefficient (Wildman–Crippen LogP) is 4.46. The quantitative estimate of drug-likeness (QED) is 0.495. The number of anilines is 1. The molecule has 0 amide bonds. The zero-order valence-electron chi connectivity index (χ0n) is 10.4. The van der Waals surface area contributed by atoms with Gasteiger partial charge in [-0.1, -0.05) is 18.2 Å². The monoisotopic (exact) mass is 275 g/mol. The summed E-state index contributed by atoms with van der Waals surface area (Å²) >= 11 is 3.80. The Morgan fingerprint density at radius 2 is 1.67 bits per heavy atom. The molecule has 0 fully saturated rings. The number of benzene rings is 2. The molecule has 0 heterocycles. The van der Waals surface area contributed by atoms with E-state index in [9.17, 15) is 0 Å². The highest BCUT2D eigenvalue weighted by Gasteiger charge is 2.00. The Morgan fingerprint density at radius 3 is 2.39 bits per heavy atom. The molecule has 18 heavy (non-hydrogen) atoms. The van der Waals surface area contributed by atoms with Crippen molar-refractivity contribution in [1.29, 1.82) is 0 Å². The second-order valence-electron chi connectivity index (χ2n) is 4.03. The van der Waals surface area contributed by atoms with Crippen molar-refractivity contribution >= 4 is 29.2 Å². The van der Waals surface area contributed by atoms with Crippen LogP contribution in [0.15, 0.2) is 58.3 Å². The van der Waals surface area contributed by atoms with Gasteiger partial charge < -0.3 is 5.73 Å². The number of aryl methyl sites for hydroxylation is 1. The molecule has 2 aromatic rings. The van der Waals surface area contributed by atoms with E-state index in [0.717, 1.165) is 17.2 Å². The van der Waals surface area contributed by atoms with Gasteiger partial charge in [-0.25, -0.2) is 0 Å². The molecule has 0 spiro atoms. The van der Waals surface area contributed by atoms with Crippen molar-refractivity contribution < 1.29 is 0 Å². The first-order valence-corrected chi connectivity index (χ1v) is 7.89. The van der Waals surface area contributed by atoms with E-state index >= 15 is 0 Å². The van der Waals surface area contributed by atoms with E-state index < -0.39 is 0 Å². The van der Waals surface area contributed by atoms with E-state index in [0.29, 0.717) is 0 Å². The number of hydrogen-bond acceptors (Lipinski definition) is 3. The van der Waals surface area contributed by atoms with E-state index in [1.807, 2.05) is 35.7 Å². The van der Waals surface area contributed by atoms with Gasteiger partial charge in [-0.15, -0.1) is 23.5 Å². The Hall–Kier alpha value is -1.06. The SMILES string of the molecule is Cc1cc(N)ccc1SCCSc1ccccc1. The fourth-order valence-electron chi connectivity index (χ4n) is 1.66. The summed E-state index contributed by atoms with van der Waals surface area (Å²) in [5.74, 6) is 2.24. The van der Waals surface area contributed by atoms with Crippen molar-refractivity contribution in [3.63, 3.8) is 0 Å². The second-order valence-corrected chi connectivity index (χ2v) is 6.34. The molecular weight excluding hydrogens is 258 g/mol. The average Bonchev–Trinajstić information content (AvgIpc) is 2.38. The molecular formula is C15H17NS2. The Kier molecular flexibility index (Phi) is 5.02. The van der Waals surface area contributed by atoms with Crippen LogP contribution < -0.4 is 5.73 Å². The Balaban J connectivity index is 1.79. The molecule has 0 saturated carbocycles. The predicted molar refractivity (Wildman–Crippen MR) is 83.5 cm³/mol. The van der Waals surface area contributed by atoms with E-state index in [-0.39, 0.29) is 0 Å². The van der Waals surface area contributed by atoms with Gasteiger partial charge in [-0.05, 0) is 42.8 Å². The third-order valence-corrected chi connectivity index (χ3v) is 5.00. The van der Waals surface area contributed by atoms with Crippen LogP contribution in [0.1, 0.15) is 5.56 Å². The molecule has 0 aliphatic heterocycles. The molecule has 0 aliphatic carbocycles. The molecule has 2 rings (SSSR count). The number of hydrogen-bond donors (Lipinski definition) is 1. The fourth-order valence-corrected chi connectivity index (χ4v) is 3.59. The maximum atomic E-state index is 5.74. The van der Waals surface area contributed by atoms with Crippen molar-refractivity contribution in [3.8, 4) is 0 Å². The summed E-state index contributed by atoms with van der Waals surface area (Å²) in [6, 6.07) is 16.7. The zero-order chi connectivity index (χ0) is 12.8. The smallest absolute Gasteiger partial charge is 0.0317 e. The Morgan fingerprint density at radius 1 is 0.944 bits per heavy atom. The summed E-state index contributed by atoms with van der Waals surface area (Å²) in [4.78, 5) is 2.67. The molecule has 0 aliphatic rings. The van der Waals surface area contributed by atoms with Gasteiger partial charge in [0, 0.05) is 27.0 Å². The molecule has 3 heteroatoms. The van der Waals surface area contributed by atoms with Gasteiger partial charge >= 0.3 is 0 Å². The summed E-state index contributed by atoms with van der Waals surface area (Å²) in [6.07, 6.45) is 0. The van der Waals surface area contributed by atoms with Crippen molar-refractivity contribution in [2.75, 3.05) is 17.2 Å². The Labute approximate surface area is 117 Å². The number of nitrogens with two attached hydrogens (primary N) is 1. The maximum Gasteiger partial charge on any atom is 0.0317 e. The van der Waals surface area contributed by atoms with Crippen LogP contribution in [0.3, 0.4) is 0 Å². The summed E-state index contributed by atoms with van der Waals surface area (Å²) in [7, 11) is 0. The van der Waals surface area contributed by atoms with Crippen LogP contribution in [0.25, 0.3) is 0 Å². The van der Waals surface area contributed by atoms with Crippen LogP contribution in [0.4, 0.5) is 5.69 Å². The number of thioether (sulfide) groups is 2. The first kappa shape index (κ1) is 13.4. The highest BCUT2D eigenvalue weighted by atomic mass is 32.2. The minimum atomic E-state index is 0.843. The van der Waals surface area contributed by atoms with Gasteiger partial charge in [-0.2, -0.15) is 0 Å². The molecule has 0 unspecified atom stereocenters. The van der Waals surface area contributed by atoms with Crippen molar-refractivity contribution in [3.05, 3.63) is 54.1 Å². The van der Waals surface area contributed by atoms with E-state index in [1.54, 1.807) is 0 Å². The molecule has 0 bridgehead atoms. The molecule has 1 nitrogen and oxygen atoms in total. The first-order chi connectivity index (χ1) is 8.75. The lowest BCUT2D eigenvalue weighted by Crippen LogP contribution is -1.89. The van der Waals surface area contributed by atoms with Crippen molar-refractivity contribution in [2.24, 2.45) is 0 Å². The van der Waals surface area contributed by atoms with Gasteiger partial charge in [0.05, 0.1) is 0 Å². The minimum absolute atomic E-state index is 0.843. The van der Waals surface area contributed by atoms with Gasteiger partial charge in [0.1, 0.15) is 0 Å². The molecule has 0 radical (unpaired) electrons. The van der Waals surface area contributed by atoms with Gasteiger partial charge in [0.2, 0.25) is 0 Å². The van der Waals surface area contributed by atoms with Crippen molar-refractivity contribution in [2.45, 2.75) is 16.7 Å². The number of rotatable bonds is 5. The average molecular weight is 275 g/mol. The number of nitrogen functional groups attached to an aromatic ring is 1. The maximum absolute atomic E-state index is 5.74. The van der Waals surface area contributed by atoms with E-state index in [4.69, 9.17) is 5.73 Å². The molecule has 2 N–H and O–H groups in total. The molecule has 0 aromatic heterocycles. The van der Waals surface area contributed by atoms with Crippen LogP contribution in [0.2, 0.25) is 0 Å². The van der Waals surface area contributed by atoms with Crippen LogP contribution in [-0.2, 0) is 0 Å². The second kappa shape index (κ2) is 6.76. The normalized spacial score (nSPS) is 10.5. The summed E-state index contributed by atoms with van der Waals surface area (Å²) in [6.45, 7) is 2.11. The van der Waals surface area contributed by atoms with Crippen LogP contribution >= 0.6 is 23.5 Å². The van der Waals surface area contributed by atoms with Gasteiger partial charge in [0.15, 0.2) is 0 Å². The minimum Gasteiger partial charge on any atom is -0.399 e. The van der Waals surface area contributed by atoms with E-state index in [1.165, 1.54) is 15.4 Å². The third-order valence-electron chi connectivity index (χ3n) is 2.55. The standard InChI is InChI=1S/C15H17NS2/c1-12-11-13(16)7-8-15(12)18-10-9-17-14-5-3-2-4-6-14/h2-8,11H,9-10,16H2,1H3. The van der Waals surface area contributed by atoms with Crippen LogP contribution in [0.5, 0.6) is 0 Å².